The third-order valence-electron chi connectivity index (χ3n) is 5.79. The Morgan fingerprint density at radius 1 is 1.00 bits per heavy atom. The minimum atomic E-state index is -4.43. The first-order valence-electron chi connectivity index (χ1n) is 10.7. The van der Waals surface area contributed by atoms with E-state index in [9.17, 15) is 18.3 Å². The van der Waals surface area contributed by atoms with Crippen molar-refractivity contribution in [2.45, 2.75) is 31.7 Å². The van der Waals surface area contributed by atoms with Crippen molar-refractivity contribution in [3.63, 3.8) is 0 Å². The van der Waals surface area contributed by atoms with Crippen LogP contribution in [0.25, 0.3) is 11.3 Å². The van der Waals surface area contributed by atoms with Crippen molar-refractivity contribution in [2.75, 3.05) is 0 Å². The topological polar surface area (TPSA) is 64.7 Å². The number of benzene rings is 3. The van der Waals surface area contributed by atoms with Crippen molar-refractivity contribution in [1.82, 2.24) is 5.16 Å². The molecule has 1 atom stereocenters. The van der Waals surface area contributed by atoms with Crippen LogP contribution in [-0.2, 0) is 19.2 Å². The Morgan fingerprint density at radius 3 is 2.53 bits per heavy atom. The zero-order chi connectivity index (χ0) is 23.7. The molecule has 0 radical (unpaired) electrons. The van der Waals surface area contributed by atoms with E-state index in [4.69, 9.17) is 14.0 Å². The third-order valence-corrected chi connectivity index (χ3v) is 5.79. The maximum atomic E-state index is 13.3. The lowest BCUT2D eigenvalue weighted by atomic mass is 10.1. The van der Waals surface area contributed by atoms with E-state index in [0.717, 1.165) is 29.2 Å². The van der Waals surface area contributed by atoms with Gasteiger partial charge in [-0.25, -0.2) is 0 Å². The molecule has 1 aromatic heterocycles. The number of hydrogen-bond donors (Lipinski definition) is 1. The third kappa shape index (κ3) is 4.44. The molecular weight excluding hydrogens is 447 g/mol. The van der Waals surface area contributed by atoms with Crippen LogP contribution in [-0.4, -0.2) is 10.3 Å². The second kappa shape index (κ2) is 8.78. The van der Waals surface area contributed by atoms with Crippen molar-refractivity contribution in [3.05, 3.63) is 95.1 Å². The summed E-state index contributed by atoms with van der Waals surface area (Å²) in [6, 6.07) is 19.7. The standard InChI is InChI=1S/C26H20F3NO4/c27-26(28,29)21-6-2-1-4-17(21)15-32-22-7-3-5-19-20(22)12-13-23(19)33-18-10-8-16(9-11-18)24-14-25(31)30-34-24/h1-11,14,23H,12-13,15H2,(H,30,31). The van der Waals surface area contributed by atoms with Crippen LogP contribution in [0.3, 0.4) is 0 Å². The molecule has 0 saturated heterocycles. The number of aromatic nitrogens is 1. The Bertz CT molecular complexity index is 1300. The second-order valence-electron chi connectivity index (χ2n) is 7.99. The molecule has 5 nitrogen and oxygen atoms in total. The molecule has 5 rings (SSSR count). The molecule has 0 spiro atoms. The van der Waals surface area contributed by atoms with Gasteiger partial charge in [0.25, 0.3) is 5.88 Å². The maximum absolute atomic E-state index is 13.3. The number of hydrogen-bond acceptors (Lipinski definition) is 5. The van der Waals surface area contributed by atoms with Crippen LogP contribution in [0.1, 0.15) is 34.8 Å². The van der Waals surface area contributed by atoms with Crippen molar-refractivity contribution in [2.24, 2.45) is 0 Å². The van der Waals surface area contributed by atoms with Crippen LogP contribution in [0.15, 0.2) is 77.3 Å². The zero-order valence-corrected chi connectivity index (χ0v) is 17.9. The van der Waals surface area contributed by atoms with E-state index in [-0.39, 0.29) is 24.2 Å². The van der Waals surface area contributed by atoms with Crippen LogP contribution in [0.2, 0.25) is 0 Å². The summed E-state index contributed by atoms with van der Waals surface area (Å²) in [7, 11) is 0. The number of nitrogens with zero attached hydrogens (tertiary/aromatic N) is 1. The lowest BCUT2D eigenvalue weighted by Crippen LogP contribution is -2.11. The molecule has 1 heterocycles. The lowest BCUT2D eigenvalue weighted by molar-refractivity contribution is -0.138. The summed E-state index contributed by atoms with van der Waals surface area (Å²) in [5, 5.41) is 12.8. The van der Waals surface area contributed by atoms with Crippen LogP contribution in [0.5, 0.6) is 17.4 Å². The quantitative estimate of drug-likeness (QED) is 0.341. The summed E-state index contributed by atoms with van der Waals surface area (Å²) in [6.07, 6.45) is -3.19. The Labute approximate surface area is 193 Å². The molecule has 34 heavy (non-hydrogen) atoms. The summed E-state index contributed by atoms with van der Waals surface area (Å²) in [6.45, 7) is -0.170. The highest BCUT2D eigenvalue weighted by Gasteiger charge is 2.33. The summed E-state index contributed by atoms with van der Waals surface area (Å²) < 4.78 is 56.9. The first-order valence-corrected chi connectivity index (χ1v) is 10.7. The number of alkyl halides is 3. The van der Waals surface area contributed by atoms with Gasteiger partial charge in [0.05, 0.1) is 5.56 Å². The number of rotatable bonds is 6. The van der Waals surface area contributed by atoms with E-state index in [1.54, 1.807) is 24.3 Å². The molecule has 0 bridgehead atoms. The molecule has 8 heteroatoms. The molecule has 0 amide bonds. The Balaban J connectivity index is 1.30. The number of halogens is 3. The Morgan fingerprint density at radius 2 is 1.79 bits per heavy atom. The summed E-state index contributed by atoms with van der Waals surface area (Å²) in [4.78, 5) is 0. The number of fused-ring (bicyclic) bond motifs is 1. The van der Waals surface area contributed by atoms with Gasteiger partial charge in [0.1, 0.15) is 24.2 Å². The molecule has 3 aromatic carbocycles. The Hall–Kier alpha value is -3.94. The van der Waals surface area contributed by atoms with Gasteiger partial charge in [-0.1, -0.05) is 30.3 Å². The number of aromatic hydroxyl groups is 1. The van der Waals surface area contributed by atoms with Crippen LogP contribution >= 0.6 is 0 Å². The van der Waals surface area contributed by atoms with Gasteiger partial charge in [0.15, 0.2) is 5.76 Å². The lowest BCUT2D eigenvalue weighted by Gasteiger charge is -2.17. The highest BCUT2D eigenvalue weighted by atomic mass is 19.4. The van der Waals surface area contributed by atoms with Gasteiger partial charge in [0, 0.05) is 22.8 Å². The molecule has 1 aliphatic carbocycles. The van der Waals surface area contributed by atoms with Crippen molar-refractivity contribution in [3.8, 4) is 28.7 Å². The molecule has 0 aliphatic heterocycles. The molecule has 0 saturated carbocycles. The van der Waals surface area contributed by atoms with E-state index in [0.29, 0.717) is 23.7 Å². The summed E-state index contributed by atoms with van der Waals surface area (Å²) in [5.74, 6) is 1.50. The summed E-state index contributed by atoms with van der Waals surface area (Å²) >= 11 is 0. The average molecular weight is 467 g/mol. The first-order chi connectivity index (χ1) is 16.4. The van der Waals surface area contributed by atoms with E-state index in [1.165, 1.54) is 18.2 Å². The van der Waals surface area contributed by atoms with Gasteiger partial charge >= 0.3 is 6.18 Å². The molecule has 1 aliphatic rings. The fourth-order valence-corrected chi connectivity index (χ4v) is 4.18. The highest BCUT2D eigenvalue weighted by molar-refractivity contribution is 5.59. The second-order valence-corrected chi connectivity index (χ2v) is 7.99. The minimum Gasteiger partial charge on any atom is -0.491 e. The van der Waals surface area contributed by atoms with Crippen LogP contribution in [0.4, 0.5) is 13.2 Å². The zero-order valence-electron chi connectivity index (χ0n) is 17.9. The minimum absolute atomic E-state index is 0.0959. The van der Waals surface area contributed by atoms with Crippen LogP contribution < -0.4 is 9.47 Å². The van der Waals surface area contributed by atoms with Gasteiger partial charge in [0.2, 0.25) is 0 Å². The predicted octanol–water partition coefficient (Wildman–Crippen LogP) is 6.71. The van der Waals surface area contributed by atoms with Gasteiger partial charge < -0.3 is 19.1 Å². The number of ether oxygens (including phenoxy) is 2. The predicted molar refractivity (Wildman–Crippen MR) is 118 cm³/mol. The molecular formula is C26H20F3NO4. The van der Waals surface area contributed by atoms with Crippen molar-refractivity contribution >= 4 is 0 Å². The fourth-order valence-electron chi connectivity index (χ4n) is 4.18. The van der Waals surface area contributed by atoms with Crippen molar-refractivity contribution in [1.29, 1.82) is 0 Å². The normalized spacial score (nSPS) is 15.2. The average Bonchev–Trinajstić information content (AvgIpc) is 3.44. The SMILES string of the molecule is Oc1cc(-c2ccc(OC3CCc4c(OCc5ccccc5C(F)(F)F)cccc43)cc2)on1. The molecule has 174 valence electrons. The molecule has 0 fully saturated rings. The largest absolute Gasteiger partial charge is 0.491 e. The Kier molecular flexibility index (Phi) is 5.65. The van der Waals surface area contributed by atoms with E-state index >= 15 is 0 Å². The highest BCUT2D eigenvalue weighted by Crippen LogP contribution is 2.40. The smallest absolute Gasteiger partial charge is 0.416 e. The van der Waals surface area contributed by atoms with Gasteiger partial charge in [-0.3, -0.25) is 0 Å². The van der Waals surface area contributed by atoms with Crippen LogP contribution in [0, 0.1) is 0 Å². The van der Waals surface area contributed by atoms with E-state index < -0.39 is 11.7 Å². The molecule has 1 unspecified atom stereocenters. The first kappa shape index (κ1) is 21.9. The monoisotopic (exact) mass is 467 g/mol. The molecule has 1 N–H and O–H groups in total. The van der Waals surface area contributed by atoms with Gasteiger partial charge in [-0.2, -0.15) is 13.2 Å². The van der Waals surface area contributed by atoms with Crippen molar-refractivity contribution < 1.29 is 32.3 Å². The van der Waals surface area contributed by atoms with Gasteiger partial charge in [-0.05, 0) is 60.0 Å². The maximum Gasteiger partial charge on any atom is 0.416 e. The van der Waals surface area contributed by atoms with E-state index in [2.05, 4.69) is 5.16 Å². The molecule has 4 aromatic rings. The summed E-state index contributed by atoms with van der Waals surface area (Å²) in [5.41, 5.74) is 2.07. The van der Waals surface area contributed by atoms with Gasteiger partial charge in [-0.15, -0.1) is 0 Å². The van der Waals surface area contributed by atoms with E-state index in [1.807, 2.05) is 24.3 Å². The fraction of sp³-hybridized carbons (Fsp3) is 0.192.